The molecule has 1 aliphatic rings. The zero-order valence-electron chi connectivity index (χ0n) is 11.7. The van der Waals surface area contributed by atoms with Gasteiger partial charge in [0.15, 0.2) is 0 Å². The zero-order valence-corrected chi connectivity index (χ0v) is 11.7. The monoisotopic (exact) mass is 212 g/mol. The van der Waals surface area contributed by atoms with Gasteiger partial charge in [0.1, 0.15) is 0 Å². The van der Waals surface area contributed by atoms with Gasteiger partial charge in [-0.15, -0.1) is 0 Å². The quantitative estimate of drug-likeness (QED) is 0.587. The second-order valence-corrected chi connectivity index (χ2v) is 7.03. The van der Waals surface area contributed by atoms with Gasteiger partial charge >= 0.3 is 0 Å². The molecule has 90 valence electrons. The third-order valence-corrected chi connectivity index (χ3v) is 4.72. The van der Waals surface area contributed by atoms with Gasteiger partial charge in [-0.2, -0.15) is 0 Å². The topological polar surface area (TPSA) is 9.23 Å². The van der Waals surface area contributed by atoms with Gasteiger partial charge in [0.25, 0.3) is 0 Å². The van der Waals surface area contributed by atoms with Gasteiger partial charge in [-0.25, -0.2) is 0 Å². The molecule has 0 saturated carbocycles. The Balaban J connectivity index is 2.97. The maximum atomic E-state index is 6.21. The third kappa shape index (κ3) is 2.22. The van der Waals surface area contributed by atoms with Crippen LogP contribution in [-0.2, 0) is 4.74 Å². The van der Waals surface area contributed by atoms with E-state index < -0.39 is 0 Å². The Bertz CT molecular complexity index is 224. The highest BCUT2D eigenvalue weighted by Crippen LogP contribution is 2.48. The highest BCUT2D eigenvalue weighted by Gasteiger charge is 2.48. The van der Waals surface area contributed by atoms with Crippen molar-refractivity contribution >= 4 is 0 Å². The summed E-state index contributed by atoms with van der Waals surface area (Å²) in [6.45, 7) is 18.5. The Morgan fingerprint density at radius 1 is 0.933 bits per heavy atom. The van der Waals surface area contributed by atoms with E-state index in [1.165, 1.54) is 0 Å². The molecule has 0 spiro atoms. The molecular weight excluding hydrogens is 184 g/mol. The van der Waals surface area contributed by atoms with E-state index >= 15 is 0 Å². The minimum Gasteiger partial charge on any atom is -0.374 e. The average Bonchev–Trinajstić information content (AvgIpc) is 2.07. The van der Waals surface area contributed by atoms with Crippen LogP contribution in [0.15, 0.2) is 0 Å². The second kappa shape index (κ2) is 3.76. The van der Waals surface area contributed by atoms with Gasteiger partial charge in [-0.05, 0) is 29.6 Å². The Hall–Kier alpha value is -0.0400. The highest BCUT2D eigenvalue weighted by molar-refractivity contribution is 4.96. The molecule has 3 unspecified atom stereocenters. The first-order valence-electron chi connectivity index (χ1n) is 6.24. The molecule has 1 aliphatic heterocycles. The fourth-order valence-electron chi connectivity index (χ4n) is 2.83. The number of rotatable bonds is 0. The lowest BCUT2D eigenvalue weighted by Gasteiger charge is -2.53. The van der Waals surface area contributed by atoms with E-state index in [-0.39, 0.29) is 5.41 Å². The molecule has 4 atom stereocenters. The Morgan fingerprint density at radius 2 is 1.40 bits per heavy atom. The summed E-state index contributed by atoms with van der Waals surface area (Å²) in [7, 11) is 0. The van der Waals surface area contributed by atoms with Crippen molar-refractivity contribution in [3.63, 3.8) is 0 Å². The van der Waals surface area contributed by atoms with Crippen LogP contribution in [0.25, 0.3) is 0 Å². The maximum Gasteiger partial charge on any atom is 0.0657 e. The van der Waals surface area contributed by atoms with Crippen LogP contribution in [0.5, 0.6) is 0 Å². The van der Waals surface area contributed by atoms with Gasteiger partial charge in [0.2, 0.25) is 0 Å². The van der Waals surface area contributed by atoms with E-state index in [0.29, 0.717) is 29.5 Å². The Kier molecular flexibility index (Phi) is 3.27. The third-order valence-electron chi connectivity index (χ3n) is 4.72. The van der Waals surface area contributed by atoms with Crippen LogP contribution >= 0.6 is 0 Å². The fourth-order valence-corrected chi connectivity index (χ4v) is 2.83. The average molecular weight is 212 g/mol. The van der Waals surface area contributed by atoms with E-state index in [1.807, 2.05) is 0 Å². The minimum atomic E-state index is 0.241. The summed E-state index contributed by atoms with van der Waals surface area (Å²) in [5, 5.41) is 0. The number of ether oxygens (including phenoxy) is 1. The Morgan fingerprint density at radius 3 is 1.80 bits per heavy atom. The van der Waals surface area contributed by atoms with E-state index in [1.54, 1.807) is 0 Å². The van der Waals surface area contributed by atoms with E-state index in [9.17, 15) is 0 Å². The van der Waals surface area contributed by atoms with Crippen molar-refractivity contribution in [2.75, 3.05) is 0 Å². The lowest BCUT2D eigenvalue weighted by molar-refractivity contribution is -0.193. The molecule has 1 nitrogen and oxygen atoms in total. The summed E-state index contributed by atoms with van der Waals surface area (Å²) < 4.78 is 6.21. The van der Waals surface area contributed by atoms with Crippen molar-refractivity contribution in [1.29, 1.82) is 0 Å². The zero-order chi connectivity index (χ0) is 12.0. The lowest BCUT2D eigenvalue weighted by Crippen LogP contribution is -2.53. The summed E-state index contributed by atoms with van der Waals surface area (Å²) in [5.74, 6) is 1.25. The van der Waals surface area contributed by atoms with Crippen molar-refractivity contribution in [1.82, 2.24) is 0 Å². The first-order valence-corrected chi connectivity index (χ1v) is 6.24. The predicted molar refractivity (Wildman–Crippen MR) is 65.9 cm³/mol. The van der Waals surface area contributed by atoms with Crippen molar-refractivity contribution in [3.8, 4) is 0 Å². The van der Waals surface area contributed by atoms with Gasteiger partial charge in [0.05, 0.1) is 12.2 Å². The van der Waals surface area contributed by atoms with Crippen LogP contribution in [0, 0.1) is 22.7 Å². The largest absolute Gasteiger partial charge is 0.374 e. The summed E-state index contributed by atoms with van der Waals surface area (Å²) in [4.78, 5) is 0. The molecular formula is C14H28O. The van der Waals surface area contributed by atoms with Gasteiger partial charge in [-0.3, -0.25) is 0 Å². The SMILES string of the molecule is CC1OC(C(C)(C)C)[C@H](C)C(C)(C)C1C. The molecule has 1 fully saturated rings. The van der Waals surface area contributed by atoms with Crippen LogP contribution in [0.3, 0.4) is 0 Å². The summed E-state index contributed by atoms with van der Waals surface area (Å²) >= 11 is 0. The standard InChI is InChI=1S/C14H28O/c1-9-11(3)15-12(13(4,5)6)10(2)14(9,7)8/h9-12H,1-8H3/t9?,10-,11?,12?/m0/s1. The molecule has 0 radical (unpaired) electrons. The van der Waals surface area contributed by atoms with Crippen LogP contribution in [0.2, 0.25) is 0 Å². The molecule has 1 heteroatoms. The Labute approximate surface area is 95.6 Å². The molecule has 1 saturated heterocycles. The van der Waals surface area contributed by atoms with Gasteiger partial charge < -0.3 is 4.74 Å². The maximum absolute atomic E-state index is 6.21. The van der Waals surface area contributed by atoms with Crippen LogP contribution in [0.4, 0.5) is 0 Å². The molecule has 0 aromatic carbocycles. The molecule has 0 N–H and O–H groups in total. The fraction of sp³-hybridized carbons (Fsp3) is 1.00. The van der Waals surface area contributed by atoms with Crippen LogP contribution in [0.1, 0.15) is 55.4 Å². The summed E-state index contributed by atoms with van der Waals surface area (Å²) in [5.41, 5.74) is 0.612. The minimum absolute atomic E-state index is 0.241. The first-order chi connectivity index (χ1) is 6.58. The van der Waals surface area contributed by atoms with Crippen molar-refractivity contribution in [3.05, 3.63) is 0 Å². The molecule has 0 aromatic rings. The molecule has 0 amide bonds. The van der Waals surface area contributed by atoms with E-state index in [0.717, 1.165) is 0 Å². The number of hydrogen-bond acceptors (Lipinski definition) is 1. The molecule has 15 heavy (non-hydrogen) atoms. The van der Waals surface area contributed by atoms with Crippen molar-refractivity contribution in [2.45, 2.75) is 67.6 Å². The normalized spacial score (nSPS) is 41.6. The van der Waals surface area contributed by atoms with E-state index in [4.69, 9.17) is 4.74 Å². The molecule has 0 aliphatic carbocycles. The molecule has 0 aromatic heterocycles. The predicted octanol–water partition coefficient (Wildman–Crippen LogP) is 4.12. The lowest BCUT2D eigenvalue weighted by atomic mass is 9.61. The van der Waals surface area contributed by atoms with E-state index in [2.05, 4.69) is 55.4 Å². The first kappa shape index (κ1) is 13.0. The molecule has 0 bridgehead atoms. The smallest absolute Gasteiger partial charge is 0.0657 e. The molecule has 1 heterocycles. The highest BCUT2D eigenvalue weighted by atomic mass is 16.5. The second-order valence-electron chi connectivity index (χ2n) is 7.03. The van der Waals surface area contributed by atoms with Crippen LogP contribution in [-0.4, -0.2) is 12.2 Å². The summed E-state index contributed by atoms with van der Waals surface area (Å²) in [6, 6.07) is 0. The van der Waals surface area contributed by atoms with Gasteiger partial charge in [0, 0.05) is 0 Å². The van der Waals surface area contributed by atoms with Crippen molar-refractivity contribution in [2.24, 2.45) is 22.7 Å². The summed E-state index contributed by atoms with van der Waals surface area (Å²) in [6.07, 6.45) is 0.749. The van der Waals surface area contributed by atoms with Gasteiger partial charge in [-0.1, -0.05) is 48.5 Å². The molecule has 1 rings (SSSR count). The number of hydrogen-bond donors (Lipinski definition) is 0. The van der Waals surface area contributed by atoms with Crippen LogP contribution < -0.4 is 0 Å². The van der Waals surface area contributed by atoms with Crippen molar-refractivity contribution < 1.29 is 4.74 Å².